The van der Waals surface area contributed by atoms with Crippen LogP contribution in [0.5, 0.6) is 17.2 Å². The second-order valence-corrected chi connectivity index (χ2v) is 7.67. The van der Waals surface area contributed by atoms with E-state index in [9.17, 15) is 4.79 Å². The summed E-state index contributed by atoms with van der Waals surface area (Å²) in [5, 5.41) is 4.54. The molecule has 1 aromatic heterocycles. The zero-order chi connectivity index (χ0) is 20.7. The van der Waals surface area contributed by atoms with Crippen LogP contribution in [0, 0.1) is 6.92 Å². The zero-order valence-electron chi connectivity index (χ0n) is 17.1. The van der Waals surface area contributed by atoms with E-state index in [0.29, 0.717) is 31.0 Å². The number of hydrogen-bond acceptors (Lipinski definition) is 5. The molecule has 0 radical (unpaired) electrons. The summed E-state index contributed by atoms with van der Waals surface area (Å²) in [4.78, 5) is 15.3. The average molecular weight is 405 g/mol. The molecule has 2 aromatic carbocycles. The minimum atomic E-state index is -0.0364. The highest BCUT2D eigenvalue weighted by molar-refractivity contribution is 5.94. The van der Waals surface area contributed by atoms with Gasteiger partial charge in [-0.1, -0.05) is 6.07 Å². The number of benzene rings is 2. The molecular formula is C23H23N3O4. The number of nitrogens with zero attached hydrogens (tertiary/aromatic N) is 3. The summed E-state index contributed by atoms with van der Waals surface area (Å²) in [5.41, 5.74) is 4.62. The van der Waals surface area contributed by atoms with Gasteiger partial charge in [-0.3, -0.25) is 9.48 Å². The predicted molar refractivity (Wildman–Crippen MR) is 110 cm³/mol. The fourth-order valence-corrected chi connectivity index (χ4v) is 3.87. The van der Waals surface area contributed by atoms with Gasteiger partial charge >= 0.3 is 0 Å². The molecule has 0 fully saturated rings. The average Bonchev–Trinajstić information content (AvgIpc) is 3.46. The Morgan fingerprint density at radius 2 is 1.87 bits per heavy atom. The number of carbonyl (C=O) groups is 1. The minimum absolute atomic E-state index is 0.0364. The van der Waals surface area contributed by atoms with E-state index >= 15 is 0 Å². The lowest BCUT2D eigenvalue weighted by Crippen LogP contribution is -2.30. The summed E-state index contributed by atoms with van der Waals surface area (Å²) in [6.07, 6.45) is 0.831. The molecule has 2 aliphatic rings. The van der Waals surface area contributed by atoms with Gasteiger partial charge < -0.3 is 19.1 Å². The Balaban J connectivity index is 1.44. The van der Waals surface area contributed by atoms with Crippen molar-refractivity contribution < 1.29 is 19.0 Å². The van der Waals surface area contributed by atoms with Crippen molar-refractivity contribution in [3.8, 4) is 17.2 Å². The Morgan fingerprint density at radius 1 is 1.03 bits per heavy atom. The van der Waals surface area contributed by atoms with Crippen molar-refractivity contribution in [2.24, 2.45) is 7.05 Å². The number of carbonyl (C=O) groups excluding carboxylic acids is 1. The molecule has 154 valence electrons. The van der Waals surface area contributed by atoms with Crippen LogP contribution in [0.3, 0.4) is 0 Å². The highest BCUT2D eigenvalue weighted by Gasteiger charge is 2.22. The van der Waals surface area contributed by atoms with Crippen LogP contribution in [-0.4, -0.2) is 34.0 Å². The highest BCUT2D eigenvalue weighted by Crippen LogP contribution is 2.33. The summed E-state index contributed by atoms with van der Waals surface area (Å²) in [7, 11) is 1.91. The van der Waals surface area contributed by atoms with Crippen molar-refractivity contribution in [2.45, 2.75) is 26.4 Å². The normalized spacial score (nSPS) is 13.8. The van der Waals surface area contributed by atoms with Gasteiger partial charge in [0, 0.05) is 31.3 Å². The summed E-state index contributed by atoms with van der Waals surface area (Å²) in [6, 6.07) is 13.5. The highest BCUT2D eigenvalue weighted by atomic mass is 16.7. The van der Waals surface area contributed by atoms with Crippen molar-refractivity contribution in [1.82, 2.24) is 14.7 Å². The number of hydrogen-bond donors (Lipinski definition) is 0. The molecular weight excluding hydrogens is 382 g/mol. The third-order valence-corrected chi connectivity index (χ3v) is 5.55. The molecule has 0 bridgehead atoms. The monoisotopic (exact) mass is 405 g/mol. The van der Waals surface area contributed by atoms with E-state index in [1.54, 1.807) is 0 Å². The van der Waals surface area contributed by atoms with E-state index in [1.165, 1.54) is 0 Å². The largest absolute Gasteiger partial charge is 0.493 e. The molecule has 0 N–H and O–H groups in total. The van der Waals surface area contributed by atoms with E-state index in [-0.39, 0.29) is 12.7 Å². The molecule has 0 saturated heterocycles. The van der Waals surface area contributed by atoms with Crippen LogP contribution in [0.15, 0.2) is 42.5 Å². The van der Waals surface area contributed by atoms with Gasteiger partial charge in [-0.25, -0.2) is 0 Å². The lowest BCUT2D eigenvalue weighted by Gasteiger charge is -2.22. The molecule has 3 heterocycles. The second-order valence-electron chi connectivity index (χ2n) is 7.67. The van der Waals surface area contributed by atoms with Gasteiger partial charge in [0.25, 0.3) is 5.91 Å². The van der Waals surface area contributed by atoms with Crippen LogP contribution >= 0.6 is 0 Å². The maximum Gasteiger partial charge on any atom is 0.254 e. The number of amides is 1. The molecule has 0 atom stereocenters. The molecule has 5 rings (SSSR count). The predicted octanol–water partition coefficient (Wildman–Crippen LogP) is 3.23. The molecule has 2 aliphatic heterocycles. The van der Waals surface area contributed by atoms with Gasteiger partial charge in [0.05, 0.1) is 18.8 Å². The van der Waals surface area contributed by atoms with Crippen LogP contribution in [-0.2, 0) is 26.6 Å². The first-order valence-corrected chi connectivity index (χ1v) is 10.00. The molecule has 0 aliphatic carbocycles. The Labute approximate surface area is 174 Å². The Bertz CT molecular complexity index is 1100. The summed E-state index contributed by atoms with van der Waals surface area (Å²) < 4.78 is 18.3. The van der Waals surface area contributed by atoms with Crippen LogP contribution in [0.25, 0.3) is 0 Å². The first-order chi connectivity index (χ1) is 14.6. The standard InChI is InChI=1S/C23H23N3O4/c1-15-9-19(24-25(15)2)13-26(12-16-3-5-21-22(10-16)30-14-29-21)23(27)18-4-6-20-17(11-18)7-8-28-20/h3-6,9-11H,7-8,12-14H2,1-2H3. The third-order valence-electron chi connectivity index (χ3n) is 5.55. The van der Waals surface area contributed by atoms with Gasteiger partial charge in [0.15, 0.2) is 11.5 Å². The number of aromatic nitrogens is 2. The first kappa shape index (κ1) is 18.5. The van der Waals surface area contributed by atoms with Crippen molar-refractivity contribution in [3.05, 3.63) is 70.5 Å². The van der Waals surface area contributed by atoms with Gasteiger partial charge in [0.1, 0.15) is 5.75 Å². The molecule has 0 saturated carbocycles. The fourth-order valence-electron chi connectivity index (χ4n) is 3.87. The Kier molecular flexibility index (Phi) is 4.58. The van der Waals surface area contributed by atoms with E-state index in [4.69, 9.17) is 14.2 Å². The van der Waals surface area contributed by atoms with E-state index in [2.05, 4.69) is 5.10 Å². The Hall–Kier alpha value is -3.48. The molecule has 0 unspecified atom stereocenters. The number of rotatable bonds is 5. The van der Waals surface area contributed by atoms with Crippen molar-refractivity contribution in [3.63, 3.8) is 0 Å². The molecule has 7 nitrogen and oxygen atoms in total. The maximum absolute atomic E-state index is 13.5. The number of aryl methyl sites for hydroxylation is 2. The summed E-state index contributed by atoms with van der Waals surface area (Å²) >= 11 is 0. The molecule has 7 heteroatoms. The van der Waals surface area contributed by atoms with Crippen LogP contribution in [0.4, 0.5) is 0 Å². The Morgan fingerprint density at radius 3 is 2.70 bits per heavy atom. The molecule has 0 spiro atoms. The quantitative estimate of drug-likeness (QED) is 0.652. The molecule has 1 amide bonds. The van der Waals surface area contributed by atoms with Gasteiger partial charge in [-0.15, -0.1) is 0 Å². The third kappa shape index (κ3) is 3.47. The van der Waals surface area contributed by atoms with Crippen LogP contribution in [0.1, 0.15) is 32.9 Å². The fraction of sp³-hybridized carbons (Fsp3) is 0.304. The summed E-state index contributed by atoms with van der Waals surface area (Å²) in [6.45, 7) is 3.76. The van der Waals surface area contributed by atoms with Crippen molar-refractivity contribution >= 4 is 5.91 Å². The lowest BCUT2D eigenvalue weighted by atomic mass is 10.1. The minimum Gasteiger partial charge on any atom is -0.493 e. The maximum atomic E-state index is 13.5. The van der Waals surface area contributed by atoms with E-state index in [1.807, 2.05) is 66.0 Å². The van der Waals surface area contributed by atoms with Gasteiger partial charge in [-0.05, 0) is 54.4 Å². The summed E-state index contributed by atoms with van der Waals surface area (Å²) in [5.74, 6) is 2.28. The van der Waals surface area contributed by atoms with E-state index in [0.717, 1.165) is 40.4 Å². The second kappa shape index (κ2) is 7.40. The SMILES string of the molecule is Cc1cc(CN(Cc2ccc3c(c2)OCO3)C(=O)c2ccc3c(c2)CCO3)nn1C. The van der Waals surface area contributed by atoms with Crippen molar-refractivity contribution in [1.29, 1.82) is 0 Å². The zero-order valence-corrected chi connectivity index (χ0v) is 17.1. The van der Waals surface area contributed by atoms with Crippen LogP contribution < -0.4 is 14.2 Å². The smallest absolute Gasteiger partial charge is 0.254 e. The topological polar surface area (TPSA) is 65.8 Å². The molecule has 30 heavy (non-hydrogen) atoms. The van der Waals surface area contributed by atoms with Crippen LogP contribution in [0.2, 0.25) is 0 Å². The number of ether oxygens (including phenoxy) is 3. The molecule has 3 aromatic rings. The van der Waals surface area contributed by atoms with Gasteiger partial charge in [0.2, 0.25) is 6.79 Å². The van der Waals surface area contributed by atoms with E-state index < -0.39 is 0 Å². The lowest BCUT2D eigenvalue weighted by molar-refractivity contribution is 0.0727. The first-order valence-electron chi connectivity index (χ1n) is 10.00. The van der Waals surface area contributed by atoms with Crippen molar-refractivity contribution in [2.75, 3.05) is 13.4 Å². The van der Waals surface area contributed by atoms with Gasteiger partial charge in [-0.2, -0.15) is 5.10 Å². The number of fused-ring (bicyclic) bond motifs is 2.